The maximum absolute atomic E-state index is 11.7. The summed E-state index contributed by atoms with van der Waals surface area (Å²) >= 11 is 0. The number of carbonyl (C=O) groups excluding carboxylic acids is 3. The van der Waals surface area contributed by atoms with Crippen LogP contribution in [0.2, 0.25) is 0 Å². The van der Waals surface area contributed by atoms with Gasteiger partial charge >= 0.3 is 5.97 Å². The first-order valence-corrected chi connectivity index (χ1v) is 11.4. The van der Waals surface area contributed by atoms with Crippen LogP contribution in [0, 0.1) is 5.41 Å². The van der Waals surface area contributed by atoms with Crippen molar-refractivity contribution in [2.75, 3.05) is 0 Å². The van der Waals surface area contributed by atoms with Gasteiger partial charge in [0, 0.05) is 19.3 Å². The van der Waals surface area contributed by atoms with E-state index in [0.29, 0.717) is 10.5 Å². The molecular weight excluding hydrogens is 354 g/mol. The van der Waals surface area contributed by atoms with Crippen molar-refractivity contribution in [3.05, 3.63) is 0 Å². The van der Waals surface area contributed by atoms with Crippen LogP contribution in [0.5, 0.6) is 0 Å². The Kier molecular flexibility index (Phi) is 12.1. The van der Waals surface area contributed by atoms with E-state index in [4.69, 9.17) is 4.84 Å². The summed E-state index contributed by atoms with van der Waals surface area (Å²) in [4.78, 5) is 39.3. The van der Waals surface area contributed by atoms with Gasteiger partial charge in [0.25, 0.3) is 11.8 Å². The smallest absolute Gasteiger partial charge is 0.330 e. The van der Waals surface area contributed by atoms with Crippen LogP contribution in [-0.4, -0.2) is 22.8 Å². The lowest BCUT2D eigenvalue weighted by Gasteiger charge is -2.17. The highest BCUT2D eigenvalue weighted by Gasteiger charge is 2.32. The van der Waals surface area contributed by atoms with Crippen LogP contribution in [0.3, 0.4) is 0 Å². The first kappa shape index (κ1) is 24.6. The Labute approximate surface area is 171 Å². The Morgan fingerprint density at radius 2 is 1.14 bits per heavy atom. The molecule has 0 atom stereocenters. The van der Waals surface area contributed by atoms with Crippen molar-refractivity contribution in [1.29, 1.82) is 0 Å². The Hall–Kier alpha value is -1.39. The van der Waals surface area contributed by atoms with Crippen molar-refractivity contribution in [1.82, 2.24) is 5.06 Å². The standard InChI is InChI=1S/C23H41NO4/c1-23(2,3)19-15-13-11-9-7-5-4-6-8-10-12-14-16-22(27)28-24-20(25)17-18-21(24)26/h4-19H2,1-3H3. The monoisotopic (exact) mass is 395 g/mol. The van der Waals surface area contributed by atoms with E-state index in [-0.39, 0.29) is 19.3 Å². The summed E-state index contributed by atoms with van der Waals surface area (Å²) < 4.78 is 0. The lowest BCUT2D eigenvalue weighted by Crippen LogP contribution is -2.31. The molecule has 1 aliphatic heterocycles. The molecular formula is C23H41NO4. The van der Waals surface area contributed by atoms with Crippen LogP contribution in [0.1, 0.15) is 124 Å². The molecule has 5 heteroatoms. The lowest BCUT2D eigenvalue weighted by molar-refractivity contribution is -0.197. The zero-order valence-corrected chi connectivity index (χ0v) is 18.4. The maximum Gasteiger partial charge on any atom is 0.333 e. The topological polar surface area (TPSA) is 63.7 Å². The summed E-state index contributed by atoms with van der Waals surface area (Å²) in [6, 6.07) is 0. The summed E-state index contributed by atoms with van der Waals surface area (Å²) in [5.41, 5.74) is 0.478. The van der Waals surface area contributed by atoms with Crippen molar-refractivity contribution in [3.8, 4) is 0 Å². The molecule has 1 fully saturated rings. The minimum Gasteiger partial charge on any atom is -0.330 e. The van der Waals surface area contributed by atoms with Gasteiger partial charge in [-0.15, -0.1) is 5.06 Å². The normalized spacial score (nSPS) is 14.8. The molecule has 0 saturated carbocycles. The number of unbranched alkanes of at least 4 members (excludes halogenated alkanes) is 11. The number of hydrogen-bond donors (Lipinski definition) is 0. The zero-order chi connectivity index (χ0) is 20.8. The fourth-order valence-electron chi connectivity index (χ4n) is 3.50. The van der Waals surface area contributed by atoms with Gasteiger partial charge < -0.3 is 4.84 Å². The fourth-order valence-corrected chi connectivity index (χ4v) is 3.50. The molecule has 1 saturated heterocycles. The number of hydrogen-bond acceptors (Lipinski definition) is 4. The zero-order valence-electron chi connectivity index (χ0n) is 18.4. The third-order valence-electron chi connectivity index (χ3n) is 5.26. The average Bonchev–Trinajstić information content (AvgIpc) is 2.93. The average molecular weight is 396 g/mol. The van der Waals surface area contributed by atoms with E-state index in [1.807, 2.05) is 0 Å². The Morgan fingerprint density at radius 3 is 1.57 bits per heavy atom. The molecule has 0 N–H and O–H groups in total. The third-order valence-corrected chi connectivity index (χ3v) is 5.26. The minimum absolute atomic E-state index is 0.142. The second-order valence-corrected chi connectivity index (χ2v) is 9.35. The highest BCUT2D eigenvalue weighted by molar-refractivity contribution is 6.01. The molecule has 0 aliphatic carbocycles. The molecule has 0 bridgehead atoms. The summed E-state index contributed by atoms with van der Waals surface area (Å²) in [5.74, 6) is -1.31. The van der Waals surface area contributed by atoms with Gasteiger partial charge in [-0.3, -0.25) is 9.59 Å². The first-order valence-electron chi connectivity index (χ1n) is 11.4. The summed E-state index contributed by atoms with van der Waals surface area (Å²) in [7, 11) is 0. The Balaban J connectivity index is 1.82. The largest absolute Gasteiger partial charge is 0.333 e. The van der Waals surface area contributed by atoms with Gasteiger partial charge in [0.1, 0.15) is 0 Å². The van der Waals surface area contributed by atoms with E-state index in [1.54, 1.807) is 0 Å². The van der Waals surface area contributed by atoms with Gasteiger partial charge in [0.15, 0.2) is 0 Å². The third kappa shape index (κ3) is 12.1. The molecule has 0 spiro atoms. The van der Waals surface area contributed by atoms with Crippen LogP contribution < -0.4 is 0 Å². The van der Waals surface area contributed by atoms with Gasteiger partial charge in [-0.2, -0.15) is 0 Å². The lowest BCUT2D eigenvalue weighted by atomic mass is 9.89. The minimum atomic E-state index is -0.480. The molecule has 0 aromatic carbocycles. The second kappa shape index (κ2) is 13.7. The number of imide groups is 1. The van der Waals surface area contributed by atoms with Crippen molar-refractivity contribution < 1.29 is 19.2 Å². The number of rotatable bonds is 15. The van der Waals surface area contributed by atoms with Gasteiger partial charge in [0.2, 0.25) is 0 Å². The molecule has 28 heavy (non-hydrogen) atoms. The van der Waals surface area contributed by atoms with Crippen LogP contribution in [0.4, 0.5) is 0 Å². The molecule has 162 valence electrons. The van der Waals surface area contributed by atoms with E-state index in [9.17, 15) is 14.4 Å². The van der Waals surface area contributed by atoms with Crippen LogP contribution in [0.25, 0.3) is 0 Å². The number of carbonyl (C=O) groups is 3. The van der Waals surface area contributed by atoms with E-state index in [0.717, 1.165) is 19.3 Å². The maximum atomic E-state index is 11.7. The molecule has 0 unspecified atom stereocenters. The van der Waals surface area contributed by atoms with Crippen LogP contribution >= 0.6 is 0 Å². The predicted octanol–water partition coefficient (Wildman–Crippen LogP) is 6.10. The Bertz CT molecular complexity index is 465. The van der Waals surface area contributed by atoms with Crippen LogP contribution in [-0.2, 0) is 19.2 Å². The van der Waals surface area contributed by atoms with Gasteiger partial charge in [-0.1, -0.05) is 91.4 Å². The molecule has 1 aliphatic rings. The van der Waals surface area contributed by atoms with Crippen LogP contribution in [0.15, 0.2) is 0 Å². The number of amides is 2. The van der Waals surface area contributed by atoms with E-state index in [1.165, 1.54) is 64.2 Å². The molecule has 0 radical (unpaired) electrons. The van der Waals surface area contributed by atoms with Crippen molar-refractivity contribution in [2.45, 2.75) is 124 Å². The highest BCUT2D eigenvalue weighted by atomic mass is 16.7. The quantitative estimate of drug-likeness (QED) is 0.248. The summed E-state index contributed by atoms with van der Waals surface area (Å²) in [5, 5.41) is 0.632. The molecule has 1 heterocycles. The number of nitrogens with zero attached hydrogens (tertiary/aromatic N) is 1. The van der Waals surface area contributed by atoms with E-state index >= 15 is 0 Å². The molecule has 0 aromatic rings. The molecule has 2 amide bonds. The first-order chi connectivity index (χ1) is 13.3. The molecule has 0 aromatic heterocycles. The van der Waals surface area contributed by atoms with E-state index < -0.39 is 17.8 Å². The van der Waals surface area contributed by atoms with Crippen molar-refractivity contribution in [2.24, 2.45) is 5.41 Å². The summed E-state index contributed by atoms with van der Waals surface area (Å²) in [6.07, 6.45) is 16.7. The summed E-state index contributed by atoms with van der Waals surface area (Å²) in [6.45, 7) is 6.95. The number of hydroxylamine groups is 2. The fraction of sp³-hybridized carbons (Fsp3) is 0.870. The van der Waals surface area contributed by atoms with Crippen molar-refractivity contribution in [3.63, 3.8) is 0 Å². The predicted molar refractivity (Wildman–Crippen MR) is 111 cm³/mol. The van der Waals surface area contributed by atoms with Gasteiger partial charge in [-0.05, 0) is 18.3 Å². The van der Waals surface area contributed by atoms with E-state index in [2.05, 4.69) is 20.8 Å². The Morgan fingerprint density at radius 1 is 0.750 bits per heavy atom. The molecule has 5 nitrogen and oxygen atoms in total. The highest BCUT2D eigenvalue weighted by Crippen LogP contribution is 2.22. The van der Waals surface area contributed by atoms with Gasteiger partial charge in [-0.25, -0.2) is 4.79 Å². The second-order valence-electron chi connectivity index (χ2n) is 9.35. The van der Waals surface area contributed by atoms with Gasteiger partial charge in [0.05, 0.1) is 0 Å². The molecule has 1 rings (SSSR count). The van der Waals surface area contributed by atoms with Crippen molar-refractivity contribution >= 4 is 17.8 Å². The SMILES string of the molecule is CC(C)(C)CCCCCCCCCCCCCCC(=O)ON1C(=O)CCC1=O.